The molecule has 1 rings (SSSR count). The molecule has 15 heavy (non-hydrogen) atoms. The summed E-state index contributed by atoms with van der Waals surface area (Å²) in [6, 6.07) is 0. The van der Waals surface area contributed by atoms with Gasteiger partial charge in [-0.2, -0.15) is 0 Å². The van der Waals surface area contributed by atoms with Crippen molar-refractivity contribution in [3.05, 3.63) is 0 Å². The molecule has 0 saturated carbocycles. The molecule has 0 unspecified atom stereocenters. The molecule has 1 N–H and O–H groups in total. The van der Waals surface area contributed by atoms with Crippen LogP contribution >= 0.6 is 0 Å². The Morgan fingerprint density at radius 1 is 1.47 bits per heavy atom. The van der Waals surface area contributed by atoms with E-state index >= 15 is 0 Å². The van der Waals surface area contributed by atoms with Gasteiger partial charge in [0.1, 0.15) is 11.5 Å². The van der Waals surface area contributed by atoms with Gasteiger partial charge in [-0.15, -0.1) is 0 Å². The summed E-state index contributed by atoms with van der Waals surface area (Å²) in [5.41, 5.74) is -0.710. The van der Waals surface area contributed by atoms with Crippen molar-refractivity contribution >= 4 is 5.97 Å². The number of nitrogens with one attached hydrogen (secondary N) is 1. The van der Waals surface area contributed by atoms with Gasteiger partial charge in [-0.05, 0) is 33.7 Å². The number of rotatable bonds is 1. The van der Waals surface area contributed by atoms with E-state index in [0.717, 1.165) is 0 Å². The van der Waals surface area contributed by atoms with Gasteiger partial charge in [-0.1, -0.05) is 0 Å². The normalized spacial score (nSPS) is 26.1. The minimum absolute atomic E-state index is 0.127. The molecule has 1 aliphatic rings. The third-order valence-corrected chi connectivity index (χ3v) is 2.17. The minimum atomic E-state index is -3.00. The van der Waals surface area contributed by atoms with E-state index in [-0.39, 0.29) is 6.42 Å². The van der Waals surface area contributed by atoms with Crippen LogP contribution in [0.4, 0.5) is 8.78 Å². The standard InChI is InChI=1S/C10H17F2NO2/c1-9(2,3)15-8(14)7-4-5-13-6-10(7,11)12/h7,13H,4-6H2,1-3H3/t7-/m1/s1. The third-order valence-electron chi connectivity index (χ3n) is 2.17. The predicted molar refractivity (Wildman–Crippen MR) is 51.8 cm³/mol. The number of ether oxygens (including phenoxy) is 1. The zero-order valence-corrected chi connectivity index (χ0v) is 9.27. The Bertz CT molecular complexity index is 248. The quantitative estimate of drug-likeness (QED) is 0.683. The van der Waals surface area contributed by atoms with Crippen molar-refractivity contribution in [1.29, 1.82) is 0 Å². The summed E-state index contributed by atoms with van der Waals surface area (Å²) < 4.78 is 31.6. The van der Waals surface area contributed by atoms with Gasteiger partial charge in [0, 0.05) is 0 Å². The van der Waals surface area contributed by atoms with E-state index in [4.69, 9.17) is 4.74 Å². The van der Waals surface area contributed by atoms with Crippen molar-refractivity contribution in [2.75, 3.05) is 13.1 Å². The van der Waals surface area contributed by atoms with E-state index in [1.807, 2.05) is 0 Å². The van der Waals surface area contributed by atoms with Gasteiger partial charge in [-0.25, -0.2) is 8.78 Å². The molecular formula is C10H17F2NO2. The lowest BCUT2D eigenvalue weighted by Gasteiger charge is -2.32. The number of carbonyl (C=O) groups is 1. The molecular weight excluding hydrogens is 204 g/mol. The fourth-order valence-electron chi connectivity index (χ4n) is 1.50. The van der Waals surface area contributed by atoms with Crippen LogP contribution in [0.5, 0.6) is 0 Å². The van der Waals surface area contributed by atoms with Crippen LogP contribution in [0.1, 0.15) is 27.2 Å². The molecule has 0 aromatic carbocycles. The lowest BCUT2D eigenvalue weighted by Crippen LogP contribution is -2.50. The van der Waals surface area contributed by atoms with E-state index in [1.54, 1.807) is 20.8 Å². The highest BCUT2D eigenvalue weighted by atomic mass is 19.3. The van der Waals surface area contributed by atoms with Crippen LogP contribution in [-0.2, 0) is 9.53 Å². The smallest absolute Gasteiger partial charge is 0.315 e. The molecule has 0 spiro atoms. The lowest BCUT2D eigenvalue weighted by atomic mass is 9.94. The summed E-state index contributed by atoms with van der Waals surface area (Å²) in [5.74, 6) is -5.10. The summed E-state index contributed by atoms with van der Waals surface area (Å²) in [5, 5.41) is 2.56. The van der Waals surface area contributed by atoms with E-state index < -0.39 is 30.0 Å². The highest BCUT2D eigenvalue weighted by Gasteiger charge is 2.47. The Hall–Kier alpha value is -0.710. The van der Waals surface area contributed by atoms with Crippen LogP contribution < -0.4 is 5.32 Å². The lowest BCUT2D eigenvalue weighted by molar-refractivity contribution is -0.177. The molecule has 0 aromatic rings. The Morgan fingerprint density at radius 2 is 2.07 bits per heavy atom. The largest absolute Gasteiger partial charge is 0.460 e. The summed E-state index contributed by atoms with van der Waals surface area (Å²) >= 11 is 0. The van der Waals surface area contributed by atoms with Crippen molar-refractivity contribution in [3.63, 3.8) is 0 Å². The number of hydrogen-bond acceptors (Lipinski definition) is 3. The second kappa shape index (κ2) is 4.04. The van der Waals surface area contributed by atoms with Crippen molar-refractivity contribution in [2.24, 2.45) is 5.92 Å². The van der Waals surface area contributed by atoms with Gasteiger partial charge in [0.25, 0.3) is 5.92 Å². The average molecular weight is 221 g/mol. The molecule has 0 aromatic heterocycles. The number of piperidine rings is 1. The summed E-state index contributed by atoms with van der Waals surface area (Å²) in [6.07, 6.45) is 0.127. The molecule has 1 fully saturated rings. The molecule has 1 heterocycles. The van der Waals surface area contributed by atoms with E-state index in [2.05, 4.69) is 5.32 Å². The fourth-order valence-corrected chi connectivity index (χ4v) is 1.50. The Labute approximate surface area is 88.2 Å². The van der Waals surface area contributed by atoms with Gasteiger partial charge >= 0.3 is 5.97 Å². The number of esters is 1. The van der Waals surface area contributed by atoms with Crippen molar-refractivity contribution in [2.45, 2.75) is 38.7 Å². The topological polar surface area (TPSA) is 38.3 Å². The maximum Gasteiger partial charge on any atom is 0.315 e. The maximum atomic E-state index is 13.3. The number of hydrogen-bond donors (Lipinski definition) is 1. The zero-order valence-electron chi connectivity index (χ0n) is 9.27. The second-order valence-electron chi connectivity index (χ2n) is 4.81. The molecule has 88 valence electrons. The summed E-state index contributed by atoms with van der Waals surface area (Å²) in [6.45, 7) is 4.99. The van der Waals surface area contributed by atoms with Crippen LogP contribution in [0, 0.1) is 5.92 Å². The van der Waals surface area contributed by atoms with Crippen molar-refractivity contribution in [3.8, 4) is 0 Å². The number of carbonyl (C=O) groups excluding carboxylic acids is 1. The monoisotopic (exact) mass is 221 g/mol. The third kappa shape index (κ3) is 3.41. The van der Waals surface area contributed by atoms with Crippen LogP contribution in [0.15, 0.2) is 0 Å². The van der Waals surface area contributed by atoms with Gasteiger partial charge in [0.2, 0.25) is 0 Å². The molecule has 0 aliphatic carbocycles. The van der Waals surface area contributed by atoms with Crippen molar-refractivity contribution in [1.82, 2.24) is 5.32 Å². The van der Waals surface area contributed by atoms with E-state index in [1.165, 1.54) is 0 Å². The number of halogens is 2. The molecule has 3 nitrogen and oxygen atoms in total. The molecule has 1 aliphatic heterocycles. The summed E-state index contributed by atoms with van der Waals surface area (Å²) in [4.78, 5) is 11.5. The minimum Gasteiger partial charge on any atom is -0.460 e. The molecule has 1 saturated heterocycles. The van der Waals surface area contributed by atoms with Gasteiger partial charge < -0.3 is 10.1 Å². The highest BCUT2D eigenvalue weighted by molar-refractivity contribution is 5.74. The van der Waals surface area contributed by atoms with E-state index in [9.17, 15) is 13.6 Å². The first kappa shape index (κ1) is 12.4. The van der Waals surface area contributed by atoms with E-state index in [0.29, 0.717) is 6.54 Å². The van der Waals surface area contributed by atoms with Gasteiger partial charge in [0.15, 0.2) is 0 Å². The Morgan fingerprint density at radius 3 is 2.53 bits per heavy atom. The first-order valence-corrected chi connectivity index (χ1v) is 5.04. The van der Waals surface area contributed by atoms with Crippen LogP contribution in [0.25, 0.3) is 0 Å². The molecule has 5 heteroatoms. The highest BCUT2D eigenvalue weighted by Crippen LogP contribution is 2.31. The Kier molecular flexibility index (Phi) is 3.33. The number of alkyl halides is 2. The SMILES string of the molecule is CC(C)(C)OC(=O)[C@H]1CCNCC1(F)F. The fraction of sp³-hybridized carbons (Fsp3) is 0.900. The Balaban J connectivity index is 2.65. The first-order chi connectivity index (χ1) is 6.72. The first-order valence-electron chi connectivity index (χ1n) is 5.04. The molecule has 1 atom stereocenters. The van der Waals surface area contributed by atoms with Crippen LogP contribution in [0.3, 0.4) is 0 Å². The molecule has 0 amide bonds. The van der Waals surface area contributed by atoms with Crippen molar-refractivity contribution < 1.29 is 18.3 Å². The maximum absolute atomic E-state index is 13.3. The van der Waals surface area contributed by atoms with Gasteiger partial charge in [-0.3, -0.25) is 4.79 Å². The zero-order chi connectivity index (χ0) is 11.7. The van der Waals surface area contributed by atoms with Gasteiger partial charge in [0.05, 0.1) is 6.54 Å². The van der Waals surface area contributed by atoms with Crippen LogP contribution in [0.2, 0.25) is 0 Å². The summed E-state index contributed by atoms with van der Waals surface area (Å²) in [7, 11) is 0. The molecule has 0 bridgehead atoms. The van der Waals surface area contributed by atoms with Crippen LogP contribution in [-0.4, -0.2) is 30.6 Å². The average Bonchev–Trinajstić information content (AvgIpc) is 1.99. The molecule has 0 radical (unpaired) electrons. The second-order valence-corrected chi connectivity index (χ2v) is 4.81. The predicted octanol–water partition coefficient (Wildman–Crippen LogP) is 1.57.